The van der Waals surface area contributed by atoms with Crippen molar-refractivity contribution >= 4 is 23.2 Å². The lowest BCUT2D eigenvalue weighted by atomic mass is 10.2. The maximum atomic E-state index is 12.6. The van der Waals surface area contributed by atoms with Gasteiger partial charge in [-0.15, -0.1) is 11.3 Å². The minimum absolute atomic E-state index is 0.109. The van der Waals surface area contributed by atoms with Gasteiger partial charge in [-0.2, -0.15) is 0 Å². The molecule has 0 spiro atoms. The Kier molecular flexibility index (Phi) is 5.66. The van der Waals surface area contributed by atoms with Gasteiger partial charge in [-0.3, -0.25) is 9.59 Å². The largest absolute Gasteiger partial charge is 0.370 e. The average Bonchev–Trinajstić information content (AvgIpc) is 3.00. The second-order valence-electron chi connectivity index (χ2n) is 4.90. The highest BCUT2D eigenvalue weighted by atomic mass is 32.1. The quantitative estimate of drug-likeness (QED) is 0.850. The number of amides is 2. The summed E-state index contributed by atoms with van der Waals surface area (Å²) in [6.07, 6.45) is 2.56. The van der Waals surface area contributed by atoms with Crippen molar-refractivity contribution in [2.45, 2.75) is 26.3 Å². The molecular weight excluding hydrogens is 298 g/mol. The molecule has 5 nitrogen and oxygen atoms in total. The first-order valence-electron chi connectivity index (χ1n) is 7.16. The third kappa shape index (κ3) is 4.39. The number of primary amides is 1. The van der Waals surface area contributed by atoms with E-state index in [2.05, 4.69) is 4.98 Å². The fourth-order valence-corrected chi connectivity index (χ4v) is 2.86. The molecule has 2 aromatic rings. The van der Waals surface area contributed by atoms with Crippen LogP contribution in [-0.4, -0.2) is 28.2 Å². The summed E-state index contributed by atoms with van der Waals surface area (Å²) in [6.45, 7) is 2.76. The van der Waals surface area contributed by atoms with Crippen LogP contribution in [0.25, 0.3) is 0 Å². The van der Waals surface area contributed by atoms with Gasteiger partial charge in [0.1, 0.15) is 4.88 Å². The van der Waals surface area contributed by atoms with E-state index in [4.69, 9.17) is 5.73 Å². The number of hydrogen-bond acceptors (Lipinski definition) is 4. The van der Waals surface area contributed by atoms with Gasteiger partial charge in [-0.1, -0.05) is 37.3 Å². The third-order valence-electron chi connectivity index (χ3n) is 3.20. The van der Waals surface area contributed by atoms with Crippen LogP contribution in [0.3, 0.4) is 0 Å². The molecule has 0 atom stereocenters. The van der Waals surface area contributed by atoms with Crippen molar-refractivity contribution in [1.29, 1.82) is 0 Å². The lowest BCUT2D eigenvalue weighted by Crippen LogP contribution is -2.33. The fourth-order valence-electron chi connectivity index (χ4n) is 2.03. The maximum absolute atomic E-state index is 12.6. The van der Waals surface area contributed by atoms with E-state index in [9.17, 15) is 9.59 Å². The molecule has 0 bridgehead atoms. The number of nitrogens with zero attached hydrogens (tertiary/aromatic N) is 2. The summed E-state index contributed by atoms with van der Waals surface area (Å²) in [5.41, 5.74) is 6.23. The summed E-state index contributed by atoms with van der Waals surface area (Å²) in [5.74, 6) is -0.522. The monoisotopic (exact) mass is 317 g/mol. The molecule has 116 valence electrons. The molecule has 0 saturated heterocycles. The number of nitrogens with two attached hydrogens (primary N) is 1. The van der Waals surface area contributed by atoms with Crippen molar-refractivity contribution in [1.82, 2.24) is 9.88 Å². The summed E-state index contributed by atoms with van der Waals surface area (Å²) in [7, 11) is 0. The first-order chi connectivity index (χ1) is 10.6. The van der Waals surface area contributed by atoms with Gasteiger partial charge in [0.25, 0.3) is 5.91 Å². The van der Waals surface area contributed by atoms with E-state index in [-0.39, 0.29) is 12.3 Å². The van der Waals surface area contributed by atoms with Crippen LogP contribution in [0.5, 0.6) is 0 Å². The standard InChI is InChI=1S/C16H19N3O2S/c1-2-15-18-10-13(22-15)16(21)19(9-8-14(17)20)11-12-6-4-3-5-7-12/h3-7,10H,2,8-9,11H2,1H3,(H2,17,20). The summed E-state index contributed by atoms with van der Waals surface area (Å²) in [4.78, 5) is 30.1. The number of aryl methyl sites for hydroxylation is 1. The topological polar surface area (TPSA) is 76.3 Å². The Hall–Kier alpha value is -2.21. The Labute approximate surface area is 133 Å². The maximum Gasteiger partial charge on any atom is 0.265 e. The normalized spacial score (nSPS) is 10.4. The molecule has 0 aliphatic carbocycles. The Bertz CT molecular complexity index is 640. The molecular formula is C16H19N3O2S. The number of thiazole rings is 1. The number of carbonyl (C=O) groups excluding carboxylic acids is 2. The highest BCUT2D eigenvalue weighted by Gasteiger charge is 2.19. The van der Waals surface area contributed by atoms with Crippen LogP contribution < -0.4 is 5.73 Å². The van der Waals surface area contributed by atoms with E-state index >= 15 is 0 Å². The van der Waals surface area contributed by atoms with Gasteiger partial charge < -0.3 is 10.6 Å². The zero-order chi connectivity index (χ0) is 15.9. The predicted octanol–water partition coefficient (Wildman–Crippen LogP) is 2.22. The van der Waals surface area contributed by atoms with Crippen LogP contribution in [0.2, 0.25) is 0 Å². The predicted molar refractivity (Wildman–Crippen MR) is 86.5 cm³/mol. The van der Waals surface area contributed by atoms with Crippen LogP contribution in [0.4, 0.5) is 0 Å². The molecule has 0 aliphatic rings. The van der Waals surface area contributed by atoms with E-state index in [1.807, 2.05) is 37.3 Å². The minimum atomic E-state index is -0.413. The number of hydrogen-bond donors (Lipinski definition) is 1. The molecule has 2 amide bonds. The zero-order valence-corrected chi connectivity index (χ0v) is 13.3. The second kappa shape index (κ2) is 7.70. The van der Waals surface area contributed by atoms with Gasteiger partial charge in [0.15, 0.2) is 0 Å². The van der Waals surface area contributed by atoms with Gasteiger partial charge in [-0.05, 0) is 12.0 Å². The zero-order valence-electron chi connectivity index (χ0n) is 12.5. The van der Waals surface area contributed by atoms with Crippen molar-refractivity contribution < 1.29 is 9.59 Å². The van der Waals surface area contributed by atoms with Gasteiger partial charge in [0, 0.05) is 19.5 Å². The van der Waals surface area contributed by atoms with Crippen molar-refractivity contribution in [2.24, 2.45) is 5.73 Å². The number of benzene rings is 1. The van der Waals surface area contributed by atoms with Crippen LogP contribution in [0.1, 0.15) is 33.6 Å². The molecule has 0 unspecified atom stereocenters. The number of carbonyl (C=O) groups is 2. The van der Waals surface area contributed by atoms with E-state index in [1.165, 1.54) is 11.3 Å². The second-order valence-corrected chi connectivity index (χ2v) is 6.02. The highest BCUT2D eigenvalue weighted by molar-refractivity contribution is 7.13. The summed E-state index contributed by atoms with van der Waals surface area (Å²) in [5, 5.41) is 0.929. The highest BCUT2D eigenvalue weighted by Crippen LogP contribution is 2.17. The third-order valence-corrected chi connectivity index (χ3v) is 4.33. The van der Waals surface area contributed by atoms with Crippen LogP contribution in [-0.2, 0) is 17.8 Å². The number of rotatable bonds is 7. The molecule has 2 N–H and O–H groups in total. The molecule has 2 rings (SSSR count). The van der Waals surface area contributed by atoms with Crippen molar-refractivity contribution in [3.05, 3.63) is 52.0 Å². The Morgan fingerprint density at radius 3 is 2.59 bits per heavy atom. The Morgan fingerprint density at radius 2 is 2.00 bits per heavy atom. The molecule has 0 radical (unpaired) electrons. The van der Waals surface area contributed by atoms with Crippen LogP contribution >= 0.6 is 11.3 Å². The SMILES string of the molecule is CCc1ncc(C(=O)N(CCC(N)=O)Cc2ccccc2)s1. The molecule has 0 aliphatic heterocycles. The minimum Gasteiger partial charge on any atom is -0.370 e. The van der Waals surface area contributed by atoms with Gasteiger partial charge >= 0.3 is 0 Å². The first kappa shape index (κ1) is 16.2. The van der Waals surface area contributed by atoms with Gasteiger partial charge in [0.05, 0.1) is 11.2 Å². The van der Waals surface area contributed by atoms with Crippen molar-refractivity contribution in [3.8, 4) is 0 Å². The van der Waals surface area contributed by atoms with Gasteiger partial charge in [0.2, 0.25) is 5.91 Å². The fraction of sp³-hybridized carbons (Fsp3) is 0.312. The Morgan fingerprint density at radius 1 is 1.27 bits per heavy atom. The summed E-state index contributed by atoms with van der Waals surface area (Å²) in [6, 6.07) is 9.68. The van der Waals surface area contributed by atoms with Crippen LogP contribution in [0, 0.1) is 0 Å². The smallest absolute Gasteiger partial charge is 0.265 e. The molecule has 22 heavy (non-hydrogen) atoms. The molecule has 1 heterocycles. The summed E-state index contributed by atoms with van der Waals surface area (Å²) < 4.78 is 0. The lowest BCUT2D eigenvalue weighted by Gasteiger charge is -2.21. The van der Waals surface area contributed by atoms with E-state index in [0.717, 1.165) is 17.0 Å². The summed E-state index contributed by atoms with van der Waals surface area (Å²) >= 11 is 1.40. The van der Waals surface area contributed by atoms with Gasteiger partial charge in [-0.25, -0.2) is 4.98 Å². The number of aromatic nitrogens is 1. The van der Waals surface area contributed by atoms with Crippen LogP contribution in [0.15, 0.2) is 36.5 Å². The molecule has 6 heteroatoms. The molecule has 0 saturated carbocycles. The lowest BCUT2D eigenvalue weighted by molar-refractivity contribution is -0.118. The molecule has 1 aromatic heterocycles. The van der Waals surface area contributed by atoms with E-state index < -0.39 is 5.91 Å². The average molecular weight is 317 g/mol. The van der Waals surface area contributed by atoms with E-state index in [0.29, 0.717) is 18.0 Å². The molecule has 1 aromatic carbocycles. The Balaban J connectivity index is 2.15. The first-order valence-corrected chi connectivity index (χ1v) is 7.98. The van der Waals surface area contributed by atoms with Crippen molar-refractivity contribution in [3.63, 3.8) is 0 Å². The van der Waals surface area contributed by atoms with E-state index in [1.54, 1.807) is 11.1 Å². The van der Waals surface area contributed by atoms with Crippen molar-refractivity contribution in [2.75, 3.05) is 6.54 Å². The molecule has 0 fully saturated rings.